The third kappa shape index (κ3) is 7.55. The third-order valence-corrected chi connectivity index (χ3v) is 5.77. The van der Waals surface area contributed by atoms with Gasteiger partial charge in [-0.15, -0.1) is 0 Å². The Balaban J connectivity index is 1.45. The highest BCUT2D eigenvalue weighted by Crippen LogP contribution is 2.44. The van der Waals surface area contributed by atoms with Crippen LogP contribution >= 0.6 is 0 Å². The quantitative estimate of drug-likeness (QED) is 0.416. The van der Waals surface area contributed by atoms with Crippen molar-refractivity contribution in [3.05, 3.63) is 59.7 Å². The summed E-state index contributed by atoms with van der Waals surface area (Å²) >= 11 is 0. The number of carboxylic acid groups (broad SMARTS) is 1. The van der Waals surface area contributed by atoms with E-state index in [4.69, 9.17) is 9.47 Å². The molecule has 0 saturated carbocycles. The van der Waals surface area contributed by atoms with Gasteiger partial charge in [-0.05, 0) is 55.9 Å². The van der Waals surface area contributed by atoms with Gasteiger partial charge in [-0.1, -0.05) is 48.5 Å². The smallest absolute Gasteiger partial charge is 0.407 e. The first-order valence-electron chi connectivity index (χ1n) is 11.9. The maximum atomic E-state index is 12.4. The molecule has 0 unspecified atom stereocenters. The summed E-state index contributed by atoms with van der Waals surface area (Å²) in [7, 11) is 0. The van der Waals surface area contributed by atoms with Crippen molar-refractivity contribution in [2.45, 2.75) is 57.6 Å². The number of carbonyl (C=O) groups is 3. The highest BCUT2D eigenvalue weighted by atomic mass is 16.5. The minimum Gasteiger partial charge on any atom is -0.480 e. The van der Waals surface area contributed by atoms with Crippen molar-refractivity contribution in [2.75, 3.05) is 19.8 Å². The minimum atomic E-state index is -1.22. The van der Waals surface area contributed by atoms with Crippen molar-refractivity contribution in [3.8, 4) is 11.1 Å². The molecule has 0 fully saturated rings. The predicted molar refractivity (Wildman–Crippen MR) is 132 cm³/mol. The van der Waals surface area contributed by atoms with Crippen LogP contribution in [0.15, 0.2) is 48.5 Å². The summed E-state index contributed by atoms with van der Waals surface area (Å²) in [5.41, 5.74) is 4.12. The summed E-state index contributed by atoms with van der Waals surface area (Å²) in [5.74, 6) is -1.62. The van der Waals surface area contributed by atoms with Gasteiger partial charge in [0.1, 0.15) is 12.6 Å². The molecule has 0 saturated heterocycles. The number of benzene rings is 2. The maximum absolute atomic E-state index is 12.4. The number of hydrogen-bond acceptors (Lipinski definition) is 5. The van der Waals surface area contributed by atoms with Gasteiger partial charge in [0.05, 0.1) is 5.60 Å². The molecule has 0 aliphatic heterocycles. The Kier molecular flexibility index (Phi) is 8.87. The second-order valence-corrected chi connectivity index (χ2v) is 9.56. The van der Waals surface area contributed by atoms with Gasteiger partial charge >= 0.3 is 12.1 Å². The van der Waals surface area contributed by atoms with Gasteiger partial charge in [0, 0.05) is 25.5 Å². The third-order valence-electron chi connectivity index (χ3n) is 5.77. The number of ether oxygens (including phenoxy) is 2. The fourth-order valence-corrected chi connectivity index (χ4v) is 4.08. The molecule has 8 nitrogen and oxygen atoms in total. The molecule has 35 heavy (non-hydrogen) atoms. The van der Waals surface area contributed by atoms with Crippen LogP contribution in [-0.4, -0.2) is 54.5 Å². The molecule has 0 heterocycles. The summed E-state index contributed by atoms with van der Waals surface area (Å²) in [6.45, 7) is 6.92. The average Bonchev–Trinajstić information content (AvgIpc) is 3.13. The Bertz CT molecular complexity index is 1000. The fourth-order valence-electron chi connectivity index (χ4n) is 4.08. The summed E-state index contributed by atoms with van der Waals surface area (Å²) in [5, 5.41) is 14.6. The number of nitrogens with one attached hydrogen (secondary N) is 2. The molecule has 0 spiro atoms. The van der Waals surface area contributed by atoms with Crippen LogP contribution in [0.2, 0.25) is 0 Å². The highest BCUT2D eigenvalue weighted by Gasteiger charge is 2.29. The van der Waals surface area contributed by atoms with Crippen molar-refractivity contribution < 1.29 is 29.0 Å². The van der Waals surface area contributed by atoms with E-state index < -0.39 is 18.1 Å². The van der Waals surface area contributed by atoms with Gasteiger partial charge in [0.25, 0.3) is 0 Å². The summed E-state index contributed by atoms with van der Waals surface area (Å²) in [6.07, 6.45) is -0.229. The highest BCUT2D eigenvalue weighted by molar-refractivity contribution is 5.82. The number of hydrogen-bond donors (Lipinski definition) is 3. The molecule has 1 atom stereocenters. The topological polar surface area (TPSA) is 114 Å². The van der Waals surface area contributed by atoms with Crippen molar-refractivity contribution in [1.82, 2.24) is 10.6 Å². The molecule has 0 bridgehead atoms. The lowest BCUT2D eigenvalue weighted by Gasteiger charge is -2.19. The molecule has 188 valence electrons. The van der Waals surface area contributed by atoms with E-state index in [9.17, 15) is 19.5 Å². The second-order valence-electron chi connectivity index (χ2n) is 9.56. The molecule has 2 aromatic carbocycles. The molecule has 3 rings (SSSR count). The zero-order valence-corrected chi connectivity index (χ0v) is 20.5. The van der Waals surface area contributed by atoms with Gasteiger partial charge in [0.2, 0.25) is 5.91 Å². The van der Waals surface area contributed by atoms with Crippen LogP contribution in [0, 0.1) is 0 Å². The molecule has 3 N–H and O–H groups in total. The number of amides is 2. The molecular weight excluding hydrogens is 448 g/mol. The van der Waals surface area contributed by atoms with E-state index in [1.165, 1.54) is 0 Å². The van der Waals surface area contributed by atoms with Crippen molar-refractivity contribution in [3.63, 3.8) is 0 Å². The molecule has 8 heteroatoms. The van der Waals surface area contributed by atoms with Gasteiger partial charge in [-0.2, -0.15) is 0 Å². The zero-order valence-electron chi connectivity index (χ0n) is 20.5. The van der Waals surface area contributed by atoms with E-state index in [1.54, 1.807) is 0 Å². The van der Waals surface area contributed by atoms with Crippen LogP contribution in [0.1, 0.15) is 57.1 Å². The standard InChI is InChI=1S/C27H34N2O6/c1-27(2,3)35-16-8-15-28-24(30)14-13-23(25(31)32)29-26(33)34-17-22-20-11-6-4-9-18(20)19-10-5-7-12-21(19)22/h4-7,9-12,22-23H,8,13-17H2,1-3H3,(H,28,30)(H,29,33)(H,31,32)/t23-/m0/s1. The molecule has 0 aromatic heterocycles. The van der Waals surface area contributed by atoms with Crippen LogP contribution in [0.25, 0.3) is 11.1 Å². The number of fused-ring (bicyclic) bond motifs is 3. The van der Waals surface area contributed by atoms with Crippen LogP contribution in [0.3, 0.4) is 0 Å². The van der Waals surface area contributed by atoms with Crippen LogP contribution in [0.5, 0.6) is 0 Å². The lowest BCUT2D eigenvalue weighted by Crippen LogP contribution is -2.42. The molecule has 0 radical (unpaired) electrons. The van der Waals surface area contributed by atoms with E-state index in [0.717, 1.165) is 22.3 Å². The first-order valence-corrected chi connectivity index (χ1v) is 11.9. The van der Waals surface area contributed by atoms with Crippen molar-refractivity contribution in [2.24, 2.45) is 0 Å². The predicted octanol–water partition coefficient (Wildman–Crippen LogP) is 4.08. The largest absolute Gasteiger partial charge is 0.480 e. The fraction of sp³-hybridized carbons (Fsp3) is 0.444. The molecule has 2 amide bonds. The Morgan fingerprint density at radius 3 is 2.17 bits per heavy atom. The number of carboxylic acids is 1. The Morgan fingerprint density at radius 2 is 1.60 bits per heavy atom. The summed E-state index contributed by atoms with van der Waals surface area (Å²) in [6, 6.07) is 14.7. The molecule has 1 aliphatic carbocycles. The van der Waals surface area contributed by atoms with Crippen molar-refractivity contribution >= 4 is 18.0 Å². The monoisotopic (exact) mass is 482 g/mol. The van der Waals surface area contributed by atoms with Crippen LogP contribution < -0.4 is 10.6 Å². The van der Waals surface area contributed by atoms with Gasteiger partial charge < -0.3 is 25.2 Å². The van der Waals surface area contributed by atoms with Gasteiger partial charge in [-0.3, -0.25) is 4.79 Å². The van der Waals surface area contributed by atoms with Crippen LogP contribution in [0.4, 0.5) is 4.79 Å². The first-order chi connectivity index (χ1) is 16.7. The summed E-state index contributed by atoms with van der Waals surface area (Å²) in [4.78, 5) is 36.1. The van der Waals surface area contributed by atoms with E-state index >= 15 is 0 Å². The SMILES string of the molecule is CC(C)(C)OCCCNC(=O)CC[C@H](NC(=O)OCC1c2ccccc2-c2ccccc21)C(=O)O. The number of aliphatic carboxylic acids is 1. The molecule has 2 aromatic rings. The van der Waals surface area contributed by atoms with E-state index in [1.807, 2.05) is 69.3 Å². The lowest BCUT2D eigenvalue weighted by atomic mass is 9.98. The van der Waals surface area contributed by atoms with Gasteiger partial charge in [-0.25, -0.2) is 9.59 Å². The minimum absolute atomic E-state index is 0.0270. The maximum Gasteiger partial charge on any atom is 0.407 e. The molecule has 1 aliphatic rings. The van der Waals surface area contributed by atoms with E-state index in [2.05, 4.69) is 10.6 Å². The van der Waals surface area contributed by atoms with E-state index in [0.29, 0.717) is 19.6 Å². The van der Waals surface area contributed by atoms with Gasteiger partial charge in [0.15, 0.2) is 0 Å². The summed E-state index contributed by atoms with van der Waals surface area (Å²) < 4.78 is 11.0. The molecular formula is C27H34N2O6. The first kappa shape index (κ1) is 26.2. The lowest BCUT2D eigenvalue weighted by molar-refractivity contribution is -0.139. The normalized spacial score (nSPS) is 13.5. The van der Waals surface area contributed by atoms with E-state index in [-0.39, 0.29) is 36.9 Å². The van der Waals surface area contributed by atoms with Crippen LogP contribution in [-0.2, 0) is 19.1 Å². The number of alkyl carbamates (subject to hydrolysis) is 1. The number of carbonyl (C=O) groups excluding carboxylic acids is 2. The Labute approximate surface area is 206 Å². The van der Waals surface area contributed by atoms with Crippen molar-refractivity contribution in [1.29, 1.82) is 0 Å². The number of rotatable bonds is 11. The Morgan fingerprint density at radius 1 is 1.00 bits per heavy atom. The average molecular weight is 483 g/mol. The zero-order chi connectivity index (χ0) is 25.4. The second kappa shape index (κ2) is 11.8. The Hall–Kier alpha value is -3.39.